The fourth-order valence-electron chi connectivity index (χ4n) is 3.31. The third-order valence-electron chi connectivity index (χ3n) is 5.13. The monoisotopic (exact) mass is 579 g/mol. The van der Waals surface area contributed by atoms with Crippen LogP contribution in [0.2, 0.25) is 5.15 Å². The van der Waals surface area contributed by atoms with Crippen molar-refractivity contribution in [3.63, 3.8) is 0 Å². The molecule has 2 rings (SSSR count). The number of hydrogen-bond donors (Lipinski definition) is 3. The summed E-state index contributed by atoms with van der Waals surface area (Å²) in [4.78, 5) is 21.0. The third-order valence-corrected chi connectivity index (χ3v) is 6.15. The standard InChI is InChI=1S/C25H31ClIN5O/c1-3-8-17(4-2)9-6-5-7-10-21(28)31-25(33)22-24(29)30-20(23(26)32-22)16-13-18-11-14-19(27)15-12-18/h3-4,8,11-12,14-15H,5-7,9-10,13,16H2,1-2H3,(H2,29,30)(H2,28,31,33)/b8-3-,17-4+. The average molecular weight is 580 g/mol. The minimum Gasteiger partial charge on any atom is -0.382 e. The molecule has 0 bridgehead atoms. The molecule has 0 fully saturated rings. The normalized spacial score (nSPS) is 11.7. The predicted octanol–water partition coefficient (Wildman–Crippen LogP) is 6.28. The number of carbonyl (C=O) groups is 1. The number of anilines is 1. The molecule has 33 heavy (non-hydrogen) atoms. The van der Waals surface area contributed by atoms with Gasteiger partial charge in [0.25, 0.3) is 5.91 Å². The van der Waals surface area contributed by atoms with E-state index in [0.717, 1.165) is 37.7 Å². The number of hydrogen-bond acceptors (Lipinski definition) is 5. The highest BCUT2D eigenvalue weighted by molar-refractivity contribution is 14.1. The Bertz CT molecular complexity index is 1020. The summed E-state index contributed by atoms with van der Waals surface area (Å²) in [6.07, 6.45) is 11.9. The number of amidine groups is 1. The van der Waals surface area contributed by atoms with Crippen LogP contribution in [0.4, 0.5) is 5.82 Å². The van der Waals surface area contributed by atoms with E-state index >= 15 is 0 Å². The molecule has 0 radical (unpaired) electrons. The summed E-state index contributed by atoms with van der Waals surface area (Å²) in [7, 11) is 0. The van der Waals surface area contributed by atoms with Gasteiger partial charge in [-0.1, -0.05) is 54.0 Å². The van der Waals surface area contributed by atoms with E-state index in [1.165, 1.54) is 9.14 Å². The first-order chi connectivity index (χ1) is 15.8. The first-order valence-electron chi connectivity index (χ1n) is 11.1. The van der Waals surface area contributed by atoms with E-state index in [0.29, 0.717) is 18.5 Å². The van der Waals surface area contributed by atoms with Crippen molar-refractivity contribution in [1.29, 1.82) is 5.41 Å². The molecule has 0 saturated carbocycles. The maximum atomic E-state index is 12.5. The van der Waals surface area contributed by atoms with Gasteiger partial charge in [0.05, 0.1) is 5.69 Å². The van der Waals surface area contributed by atoms with E-state index in [4.69, 9.17) is 22.7 Å². The highest BCUT2D eigenvalue weighted by Crippen LogP contribution is 2.19. The van der Waals surface area contributed by atoms with E-state index in [9.17, 15) is 4.79 Å². The van der Waals surface area contributed by atoms with Crippen LogP contribution in [-0.4, -0.2) is 21.7 Å². The number of aromatic nitrogens is 2. The first-order valence-corrected chi connectivity index (χ1v) is 12.5. The van der Waals surface area contributed by atoms with Gasteiger partial charge in [0.2, 0.25) is 0 Å². The van der Waals surface area contributed by atoms with Crippen molar-refractivity contribution < 1.29 is 4.79 Å². The second-order valence-corrected chi connectivity index (χ2v) is 9.28. The molecule has 8 heteroatoms. The van der Waals surface area contributed by atoms with Crippen LogP contribution in [0, 0.1) is 8.98 Å². The number of allylic oxidation sites excluding steroid dienone is 4. The number of nitrogens with two attached hydrogens (primary N) is 1. The minimum absolute atomic E-state index is 0.0187. The van der Waals surface area contributed by atoms with Crippen molar-refractivity contribution in [2.24, 2.45) is 0 Å². The average Bonchev–Trinajstić information content (AvgIpc) is 2.79. The SMILES string of the molecule is C/C=C\C(=C/C)CCCCCC(=N)NC(=O)c1nc(Cl)c(CCc2ccc(I)cc2)nc1N. The molecule has 0 atom stereocenters. The summed E-state index contributed by atoms with van der Waals surface area (Å²) in [5.41, 5.74) is 8.96. The number of nitrogens with zero attached hydrogens (tertiary/aromatic N) is 2. The summed E-state index contributed by atoms with van der Waals surface area (Å²) in [5, 5.41) is 10.8. The molecule has 0 saturated heterocycles. The van der Waals surface area contributed by atoms with Crippen LogP contribution >= 0.6 is 34.2 Å². The molecule has 2 aromatic rings. The van der Waals surface area contributed by atoms with E-state index in [1.807, 2.05) is 32.1 Å². The molecule has 0 aliphatic carbocycles. The maximum absolute atomic E-state index is 12.5. The van der Waals surface area contributed by atoms with Crippen LogP contribution in [-0.2, 0) is 12.8 Å². The number of carbonyl (C=O) groups excluding carboxylic acids is 1. The Labute approximate surface area is 214 Å². The van der Waals surface area contributed by atoms with E-state index < -0.39 is 5.91 Å². The quantitative estimate of drug-likeness (QED) is 0.0958. The zero-order valence-electron chi connectivity index (χ0n) is 19.1. The summed E-state index contributed by atoms with van der Waals surface area (Å²) in [5.74, 6) is -0.398. The van der Waals surface area contributed by atoms with Crippen molar-refractivity contribution in [2.45, 2.75) is 58.8 Å². The lowest BCUT2D eigenvalue weighted by Gasteiger charge is -2.10. The Morgan fingerprint density at radius 3 is 2.48 bits per heavy atom. The number of halogens is 2. The van der Waals surface area contributed by atoms with Gasteiger partial charge in [0.15, 0.2) is 16.7 Å². The van der Waals surface area contributed by atoms with E-state index in [1.54, 1.807) is 0 Å². The van der Waals surface area contributed by atoms with Crippen LogP contribution in [0.3, 0.4) is 0 Å². The van der Waals surface area contributed by atoms with Crippen molar-refractivity contribution >= 4 is 51.8 Å². The number of unbranched alkanes of at least 4 members (excludes halogenated alkanes) is 2. The first kappa shape index (κ1) is 27.0. The molecular weight excluding hydrogens is 549 g/mol. The zero-order chi connectivity index (χ0) is 24.2. The van der Waals surface area contributed by atoms with E-state index in [-0.39, 0.29) is 22.5 Å². The summed E-state index contributed by atoms with van der Waals surface area (Å²) >= 11 is 8.54. The Morgan fingerprint density at radius 2 is 1.82 bits per heavy atom. The second-order valence-electron chi connectivity index (χ2n) is 7.68. The second kappa shape index (κ2) is 14.1. The van der Waals surface area contributed by atoms with Crippen LogP contribution in [0.15, 0.2) is 48.1 Å². The molecular formula is C25H31ClIN5O. The molecule has 1 aromatic heterocycles. The van der Waals surface area contributed by atoms with Crippen LogP contribution in [0.5, 0.6) is 0 Å². The zero-order valence-corrected chi connectivity index (χ0v) is 22.0. The molecule has 6 nitrogen and oxygen atoms in total. The van der Waals surface area contributed by atoms with Crippen LogP contribution in [0.25, 0.3) is 0 Å². The molecule has 1 heterocycles. The van der Waals surface area contributed by atoms with Crippen LogP contribution < -0.4 is 11.1 Å². The van der Waals surface area contributed by atoms with Gasteiger partial charge < -0.3 is 11.1 Å². The molecule has 0 unspecified atom stereocenters. The summed E-state index contributed by atoms with van der Waals surface area (Å²) in [6.45, 7) is 4.05. The number of amides is 1. The molecule has 176 valence electrons. The molecule has 1 amide bonds. The smallest absolute Gasteiger partial charge is 0.279 e. The minimum atomic E-state index is -0.555. The highest BCUT2D eigenvalue weighted by Gasteiger charge is 2.18. The Kier molecular flexibility index (Phi) is 11.5. The van der Waals surface area contributed by atoms with Gasteiger partial charge >= 0.3 is 0 Å². The fourth-order valence-corrected chi connectivity index (χ4v) is 3.89. The molecule has 0 aliphatic rings. The van der Waals surface area contributed by atoms with Gasteiger partial charge in [-0.2, -0.15) is 0 Å². The molecule has 1 aromatic carbocycles. The molecule has 0 spiro atoms. The van der Waals surface area contributed by atoms with Gasteiger partial charge in [-0.15, -0.1) is 0 Å². The molecule has 4 N–H and O–H groups in total. The maximum Gasteiger partial charge on any atom is 0.279 e. The lowest BCUT2D eigenvalue weighted by Crippen LogP contribution is -2.31. The summed E-state index contributed by atoms with van der Waals surface area (Å²) < 4.78 is 1.17. The Balaban J connectivity index is 1.84. The van der Waals surface area contributed by atoms with Gasteiger partial charge in [0.1, 0.15) is 5.84 Å². The number of benzene rings is 1. The van der Waals surface area contributed by atoms with Crippen molar-refractivity contribution in [2.75, 3.05) is 5.73 Å². The lowest BCUT2D eigenvalue weighted by atomic mass is 10.1. The Morgan fingerprint density at radius 1 is 1.12 bits per heavy atom. The van der Waals surface area contributed by atoms with Crippen molar-refractivity contribution in [1.82, 2.24) is 15.3 Å². The van der Waals surface area contributed by atoms with Crippen molar-refractivity contribution in [3.8, 4) is 0 Å². The fraction of sp³-hybridized carbons (Fsp3) is 0.360. The Hall–Kier alpha value is -2.26. The predicted molar refractivity (Wildman–Crippen MR) is 145 cm³/mol. The van der Waals surface area contributed by atoms with Gasteiger partial charge in [-0.3, -0.25) is 10.2 Å². The number of nitrogen functional groups attached to an aromatic ring is 1. The highest BCUT2D eigenvalue weighted by atomic mass is 127. The van der Waals surface area contributed by atoms with Gasteiger partial charge in [-0.25, -0.2) is 9.97 Å². The number of nitrogens with one attached hydrogen (secondary N) is 2. The largest absolute Gasteiger partial charge is 0.382 e. The van der Waals surface area contributed by atoms with Gasteiger partial charge in [0, 0.05) is 9.99 Å². The number of rotatable bonds is 11. The molecule has 0 aliphatic heterocycles. The summed E-state index contributed by atoms with van der Waals surface area (Å²) in [6, 6.07) is 8.20. The van der Waals surface area contributed by atoms with Gasteiger partial charge in [-0.05, 0) is 86.2 Å². The topological polar surface area (TPSA) is 105 Å². The van der Waals surface area contributed by atoms with Crippen molar-refractivity contribution in [3.05, 3.63) is 73.7 Å². The van der Waals surface area contributed by atoms with E-state index in [2.05, 4.69) is 62.2 Å². The third kappa shape index (κ3) is 9.25. The lowest BCUT2D eigenvalue weighted by molar-refractivity contribution is 0.0972. The van der Waals surface area contributed by atoms with Crippen LogP contribution in [0.1, 0.15) is 67.7 Å². The number of aryl methyl sites for hydroxylation is 2.